The zero-order valence-electron chi connectivity index (χ0n) is 24.3. The maximum absolute atomic E-state index is 14.2. The largest absolute Gasteiger partial charge is 0.497 e. The third-order valence-corrected chi connectivity index (χ3v) is 9.65. The zero-order valence-corrected chi connectivity index (χ0v) is 25.8. The normalized spacial score (nSPS) is 14.3. The van der Waals surface area contributed by atoms with E-state index in [9.17, 15) is 18.0 Å². The van der Waals surface area contributed by atoms with E-state index >= 15 is 0 Å². The number of benzene rings is 3. The van der Waals surface area contributed by atoms with Crippen molar-refractivity contribution in [3.05, 3.63) is 88.9 Å². The summed E-state index contributed by atoms with van der Waals surface area (Å²) in [6.45, 7) is 3.23. The number of hydrogen-bond acceptors (Lipinski definition) is 5. The van der Waals surface area contributed by atoms with E-state index in [1.165, 1.54) is 17.0 Å². The van der Waals surface area contributed by atoms with E-state index in [-0.39, 0.29) is 23.4 Å². The second-order valence-corrected chi connectivity index (χ2v) is 12.8. The zero-order chi connectivity index (χ0) is 30.3. The van der Waals surface area contributed by atoms with Crippen LogP contribution in [-0.4, -0.2) is 50.9 Å². The second kappa shape index (κ2) is 14.1. The van der Waals surface area contributed by atoms with Crippen molar-refractivity contribution in [2.45, 2.75) is 69.5 Å². The van der Waals surface area contributed by atoms with Gasteiger partial charge >= 0.3 is 0 Å². The molecule has 1 fully saturated rings. The van der Waals surface area contributed by atoms with E-state index in [0.717, 1.165) is 35.6 Å². The van der Waals surface area contributed by atoms with Crippen LogP contribution in [0, 0.1) is 6.92 Å². The van der Waals surface area contributed by atoms with Crippen LogP contribution in [0.15, 0.2) is 77.7 Å². The number of ether oxygens (including phenoxy) is 1. The summed E-state index contributed by atoms with van der Waals surface area (Å²) in [5.74, 6) is -0.0551. The van der Waals surface area contributed by atoms with Gasteiger partial charge in [0, 0.05) is 17.6 Å². The minimum Gasteiger partial charge on any atom is -0.497 e. The Labute approximate surface area is 253 Å². The van der Waals surface area contributed by atoms with Crippen molar-refractivity contribution in [2.75, 3.05) is 18.0 Å². The van der Waals surface area contributed by atoms with E-state index in [0.29, 0.717) is 28.4 Å². The first-order valence-corrected chi connectivity index (χ1v) is 16.0. The van der Waals surface area contributed by atoms with Gasteiger partial charge in [-0.1, -0.05) is 61.7 Å². The van der Waals surface area contributed by atoms with Crippen molar-refractivity contribution in [2.24, 2.45) is 0 Å². The number of amides is 2. The smallest absolute Gasteiger partial charge is 0.264 e. The molecule has 3 aromatic rings. The van der Waals surface area contributed by atoms with Gasteiger partial charge in [0.15, 0.2) is 0 Å². The minimum absolute atomic E-state index is 0.0554. The number of anilines is 1. The van der Waals surface area contributed by atoms with Crippen LogP contribution in [0.4, 0.5) is 5.69 Å². The molecule has 8 nitrogen and oxygen atoms in total. The average Bonchev–Trinajstić information content (AvgIpc) is 3.50. The lowest BCUT2D eigenvalue weighted by atomic mass is 10.1. The first kappa shape index (κ1) is 31.4. The molecule has 0 aliphatic heterocycles. The first-order chi connectivity index (χ1) is 20.1. The Balaban J connectivity index is 1.72. The van der Waals surface area contributed by atoms with Gasteiger partial charge in [-0.3, -0.25) is 13.9 Å². The van der Waals surface area contributed by atoms with Gasteiger partial charge in [-0.2, -0.15) is 0 Å². The number of methoxy groups -OCH3 is 1. The molecule has 0 aromatic heterocycles. The summed E-state index contributed by atoms with van der Waals surface area (Å²) in [5.41, 5.74) is 1.73. The summed E-state index contributed by atoms with van der Waals surface area (Å²) >= 11 is 6.19. The molecule has 0 saturated heterocycles. The molecular weight excluding hydrogens is 574 g/mol. The van der Waals surface area contributed by atoms with Gasteiger partial charge in [-0.25, -0.2) is 8.42 Å². The second-order valence-electron chi connectivity index (χ2n) is 10.5. The van der Waals surface area contributed by atoms with Gasteiger partial charge in [0.2, 0.25) is 11.8 Å². The number of carbonyl (C=O) groups excluding carboxylic acids is 2. The molecule has 0 bridgehead atoms. The van der Waals surface area contributed by atoms with Crippen LogP contribution < -0.4 is 14.4 Å². The Morgan fingerprint density at radius 3 is 2.29 bits per heavy atom. The summed E-state index contributed by atoms with van der Waals surface area (Å²) in [4.78, 5) is 29.3. The first-order valence-electron chi connectivity index (χ1n) is 14.2. The molecule has 1 aliphatic rings. The standard InChI is InChI=1S/C32H38ClN3O5S/c1-4-29(32(38)34-26-10-8-9-11-26)35(21-24-14-17-27(41-3)18-15-24)31(37)22-36(30-19-16-25(33)20-23(30)2)42(39,40)28-12-6-5-7-13-28/h5-7,12-20,26,29H,4,8-11,21-22H2,1-3H3,(H,34,38)/t29-/m1/s1. The Hall–Kier alpha value is -3.56. The summed E-state index contributed by atoms with van der Waals surface area (Å²) in [5, 5.41) is 3.58. The van der Waals surface area contributed by atoms with Gasteiger partial charge in [0.05, 0.1) is 17.7 Å². The molecular formula is C32H38ClN3O5S. The molecule has 2 amide bonds. The maximum atomic E-state index is 14.2. The SMILES string of the molecule is CC[C@H](C(=O)NC1CCCC1)N(Cc1ccc(OC)cc1)C(=O)CN(c1ccc(Cl)cc1C)S(=O)(=O)c1ccccc1. The average molecular weight is 612 g/mol. The lowest BCUT2D eigenvalue weighted by Crippen LogP contribution is -2.53. The van der Waals surface area contributed by atoms with Gasteiger partial charge in [-0.15, -0.1) is 0 Å². The molecule has 0 spiro atoms. The van der Waals surface area contributed by atoms with E-state index in [1.807, 2.05) is 19.1 Å². The van der Waals surface area contributed by atoms with Crippen molar-refractivity contribution in [1.82, 2.24) is 10.2 Å². The molecule has 1 N–H and O–H groups in total. The molecule has 4 rings (SSSR count). The lowest BCUT2D eigenvalue weighted by molar-refractivity contribution is -0.140. The summed E-state index contributed by atoms with van der Waals surface area (Å²) in [6.07, 6.45) is 4.30. The molecule has 1 saturated carbocycles. The highest BCUT2D eigenvalue weighted by atomic mass is 35.5. The summed E-state index contributed by atoms with van der Waals surface area (Å²) < 4.78 is 34.4. The third kappa shape index (κ3) is 7.44. The molecule has 0 unspecified atom stereocenters. The fraction of sp³-hybridized carbons (Fsp3) is 0.375. The van der Waals surface area contributed by atoms with Gasteiger partial charge in [-0.05, 0) is 79.8 Å². The summed E-state index contributed by atoms with van der Waals surface area (Å²) in [6, 6.07) is 19.4. The summed E-state index contributed by atoms with van der Waals surface area (Å²) in [7, 11) is -2.57. The third-order valence-electron chi connectivity index (χ3n) is 7.64. The predicted octanol–water partition coefficient (Wildman–Crippen LogP) is 5.72. The lowest BCUT2D eigenvalue weighted by Gasteiger charge is -2.34. The molecule has 42 heavy (non-hydrogen) atoms. The minimum atomic E-state index is -4.15. The van der Waals surface area contributed by atoms with Crippen LogP contribution in [0.5, 0.6) is 5.75 Å². The van der Waals surface area contributed by atoms with Crippen molar-refractivity contribution >= 4 is 39.1 Å². The van der Waals surface area contributed by atoms with Crippen LogP contribution in [0.2, 0.25) is 5.02 Å². The Bertz CT molecular complexity index is 1480. The van der Waals surface area contributed by atoms with Crippen LogP contribution in [-0.2, 0) is 26.2 Å². The highest BCUT2D eigenvalue weighted by molar-refractivity contribution is 7.92. The quantitative estimate of drug-likeness (QED) is 0.283. The molecule has 0 radical (unpaired) electrons. The van der Waals surface area contributed by atoms with Crippen LogP contribution in [0.3, 0.4) is 0 Å². The van der Waals surface area contributed by atoms with Crippen molar-refractivity contribution in [3.63, 3.8) is 0 Å². The Morgan fingerprint density at radius 2 is 1.69 bits per heavy atom. The fourth-order valence-electron chi connectivity index (χ4n) is 5.35. The predicted molar refractivity (Wildman–Crippen MR) is 165 cm³/mol. The van der Waals surface area contributed by atoms with E-state index in [4.69, 9.17) is 16.3 Å². The van der Waals surface area contributed by atoms with Crippen LogP contribution in [0.25, 0.3) is 0 Å². The molecule has 10 heteroatoms. The van der Waals surface area contributed by atoms with Crippen molar-refractivity contribution in [1.29, 1.82) is 0 Å². The molecule has 1 atom stereocenters. The molecule has 0 heterocycles. The highest BCUT2D eigenvalue weighted by Gasteiger charge is 2.35. The monoisotopic (exact) mass is 611 g/mol. The van der Waals surface area contributed by atoms with Crippen LogP contribution in [0.1, 0.15) is 50.2 Å². The number of rotatable bonds is 12. The van der Waals surface area contributed by atoms with Crippen molar-refractivity contribution in [3.8, 4) is 5.75 Å². The number of nitrogens with one attached hydrogen (secondary N) is 1. The number of nitrogens with zero attached hydrogens (tertiary/aromatic N) is 2. The van der Waals surface area contributed by atoms with E-state index in [2.05, 4.69) is 5.32 Å². The fourth-order valence-corrected chi connectivity index (χ4v) is 7.07. The topological polar surface area (TPSA) is 96.0 Å². The van der Waals surface area contributed by atoms with Gasteiger partial charge in [0.25, 0.3) is 10.0 Å². The molecule has 224 valence electrons. The molecule has 3 aromatic carbocycles. The number of halogens is 1. The van der Waals surface area contributed by atoms with E-state index < -0.39 is 28.5 Å². The van der Waals surface area contributed by atoms with Crippen molar-refractivity contribution < 1.29 is 22.7 Å². The Morgan fingerprint density at radius 1 is 1.02 bits per heavy atom. The number of aryl methyl sites for hydroxylation is 1. The maximum Gasteiger partial charge on any atom is 0.264 e. The highest BCUT2D eigenvalue weighted by Crippen LogP contribution is 2.30. The number of sulfonamides is 1. The Kier molecular flexibility index (Phi) is 10.5. The molecule has 1 aliphatic carbocycles. The van der Waals surface area contributed by atoms with Crippen LogP contribution >= 0.6 is 11.6 Å². The van der Waals surface area contributed by atoms with E-state index in [1.54, 1.807) is 62.6 Å². The number of hydrogen-bond donors (Lipinski definition) is 1. The van der Waals surface area contributed by atoms with Gasteiger partial charge < -0.3 is 15.0 Å². The number of carbonyl (C=O) groups is 2. The van der Waals surface area contributed by atoms with Gasteiger partial charge in [0.1, 0.15) is 18.3 Å².